The third kappa shape index (κ3) is 3.95. The number of nitrogens with zero attached hydrogens (tertiary/aromatic N) is 4. The Kier molecular flexibility index (Phi) is 4.99. The molecule has 7 nitrogen and oxygen atoms in total. The average molecular weight is 351 g/mol. The van der Waals surface area contributed by atoms with Crippen LogP contribution in [0.25, 0.3) is 22.6 Å². The van der Waals surface area contributed by atoms with Crippen LogP contribution in [-0.4, -0.2) is 39.4 Å². The molecule has 3 heterocycles. The molecule has 1 aromatic carbocycles. The Morgan fingerprint density at radius 2 is 1.96 bits per heavy atom. The van der Waals surface area contributed by atoms with Crippen molar-refractivity contribution in [3.63, 3.8) is 0 Å². The van der Waals surface area contributed by atoms with Crippen LogP contribution in [0.5, 0.6) is 0 Å². The lowest BCUT2D eigenvalue weighted by molar-refractivity contribution is 0.109. The van der Waals surface area contributed by atoms with Crippen LogP contribution < -0.4 is 5.32 Å². The molecule has 7 heteroatoms. The number of aryl methyl sites for hydroxylation is 1. The summed E-state index contributed by atoms with van der Waals surface area (Å²) in [7, 11) is 0. The van der Waals surface area contributed by atoms with Gasteiger partial charge < -0.3 is 14.6 Å². The molecule has 0 aliphatic carbocycles. The maximum atomic E-state index is 5.58. The third-order valence-corrected chi connectivity index (χ3v) is 4.36. The van der Waals surface area contributed by atoms with Gasteiger partial charge in [-0.1, -0.05) is 29.4 Å². The normalized spacial score (nSPS) is 16.9. The van der Waals surface area contributed by atoms with E-state index in [0.717, 1.165) is 48.6 Å². The number of aromatic nitrogens is 4. The van der Waals surface area contributed by atoms with Crippen molar-refractivity contribution in [2.24, 2.45) is 0 Å². The summed E-state index contributed by atoms with van der Waals surface area (Å²) in [6.45, 7) is 4.10. The van der Waals surface area contributed by atoms with Crippen molar-refractivity contribution in [2.75, 3.05) is 13.2 Å². The van der Waals surface area contributed by atoms with Crippen LogP contribution in [0.15, 0.2) is 41.1 Å². The predicted molar refractivity (Wildman–Crippen MR) is 96.2 cm³/mol. The Balaban J connectivity index is 1.39. The van der Waals surface area contributed by atoms with Crippen LogP contribution in [0.4, 0.5) is 0 Å². The Labute approximate surface area is 151 Å². The molecule has 1 atom stereocenters. The monoisotopic (exact) mass is 351 g/mol. The van der Waals surface area contributed by atoms with E-state index in [9.17, 15) is 0 Å². The van der Waals surface area contributed by atoms with Gasteiger partial charge in [-0.15, -0.1) is 0 Å². The Morgan fingerprint density at radius 3 is 2.73 bits per heavy atom. The number of hydrogen-bond donors (Lipinski definition) is 1. The summed E-state index contributed by atoms with van der Waals surface area (Å²) in [4.78, 5) is 13.0. The van der Waals surface area contributed by atoms with Crippen LogP contribution >= 0.6 is 0 Å². The molecule has 26 heavy (non-hydrogen) atoms. The van der Waals surface area contributed by atoms with Crippen LogP contribution in [0.1, 0.15) is 24.6 Å². The summed E-state index contributed by atoms with van der Waals surface area (Å²) in [5.41, 5.74) is 2.84. The summed E-state index contributed by atoms with van der Waals surface area (Å²) in [6.07, 6.45) is 4.32. The van der Waals surface area contributed by atoms with Gasteiger partial charge in [0.25, 0.3) is 0 Å². The SMILES string of the molecule is Cc1nccc(-c2ccc(-c3noc(CNCC4CCCO4)n3)cc2)n1. The largest absolute Gasteiger partial charge is 0.377 e. The molecular formula is C19H21N5O2. The van der Waals surface area contributed by atoms with E-state index in [0.29, 0.717) is 24.4 Å². The minimum absolute atomic E-state index is 0.301. The zero-order valence-electron chi connectivity index (χ0n) is 14.7. The first-order valence-electron chi connectivity index (χ1n) is 8.83. The van der Waals surface area contributed by atoms with Crippen LogP contribution in [-0.2, 0) is 11.3 Å². The highest BCUT2D eigenvalue weighted by molar-refractivity contribution is 5.64. The van der Waals surface area contributed by atoms with Crippen LogP contribution in [0.2, 0.25) is 0 Å². The van der Waals surface area contributed by atoms with E-state index in [1.165, 1.54) is 0 Å². The molecule has 134 valence electrons. The van der Waals surface area contributed by atoms with Crippen molar-refractivity contribution >= 4 is 0 Å². The van der Waals surface area contributed by atoms with E-state index < -0.39 is 0 Å². The fourth-order valence-electron chi connectivity index (χ4n) is 3.00. The van der Waals surface area contributed by atoms with Crippen LogP contribution in [0, 0.1) is 6.92 Å². The summed E-state index contributed by atoms with van der Waals surface area (Å²) in [5.74, 6) is 1.92. The third-order valence-electron chi connectivity index (χ3n) is 4.36. The van der Waals surface area contributed by atoms with Crippen molar-refractivity contribution in [3.8, 4) is 22.6 Å². The summed E-state index contributed by atoms with van der Waals surface area (Å²) in [5, 5.41) is 7.38. The van der Waals surface area contributed by atoms with Gasteiger partial charge in [0.2, 0.25) is 11.7 Å². The molecule has 1 saturated heterocycles. The van der Waals surface area contributed by atoms with E-state index in [1.54, 1.807) is 6.20 Å². The zero-order valence-corrected chi connectivity index (χ0v) is 14.7. The van der Waals surface area contributed by atoms with Gasteiger partial charge in [-0.05, 0) is 25.8 Å². The number of nitrogens with one attached hydrogen (secondary N) is 1. The highest BCUT2D eigenvalue weighted by atomic mass is 16.5. The van der Waals surface area contributed by atoms with Gasteiger partial charge in [-0.3, -0.25) is 0 Å². The molecule has 1 aliphatic heterocycles. The molecular weight excluding hydrogens is 330 g/mol. The van der Waals surface area contributed by atoms with E-state index in [2.05, 4.69) is 25.4 Å². The topological polar surface area (TPSA) is 86.0 Å². The lowest BCUT2D eigenvalue weighted by Gasteiger charge is -2.08. The second-order valence-electron chi connectivity index (χ2n) is 6.34. The Bertz CT molecular complexity index is 856. The van der Waals surface area contributed by atoms with Crippen LogP contribution in [0.3, 0.4) is 0 Å². The standard InChI is InChI=1S/C19H21N5O2/c1-13-21-9-8-17(22-13)14-4-6-15(7-5-14)19-23-18(26-24-19)12-20-11-16-3-2-10-25-16/h4-9,16,20H,2-3,10-12H2,1H3. The average Bonchev–Trinajstić information content (AvgIpc) is 3.34. The lowest BCUT2D eigenvalue weighted by atomic mass is 10.1. The maximum Gasteiger partial charge on any atom is 0.240 e. The highest BCUT2D eigenvalue weighted by Crippen LogP contribution is 2.22. The van der Waals surface area contributed by atoms with E-state index >= 15 is 0 Å². The van der Waals surface area contributed by atoms with Gasteiger partial charge in [0.1, 0.15) is 5.82 Å². The van der Waals surface area contributed by atoms with Crippen molar-refractivity contribution in [3.05, 3.63) is 48.2 Å². The molecule has 3 aromatic rings. The van der Waals surface area contributed by atoms with Gasteiger partial charge in [0.05, 0.1) is 18.3 Å². The van der Waals surface area contributed by atoms with E-state index in [4.69, 9.17) is 9.26 Å². The number of benzene rings is 1. The predicted octanol–water partition coefficient (Wildman–Crippen LogP) is 2.77. The second kappa shape index (κ2) is 7.72. The molecule has 0 bridgehead atoms. The molecule has 4 rings (SSSR count). The second-order valence-corrected chi connectivity index (χ2v) is 6.34. The molecule has 1 unspecified atom stereocenters. The quantitative estimate of drug-likeness (QED) is 0.731. The first kappa shape index (κ1) is 16.8. The smallest absolute Gasteiger partial charge is 0.240 e. The molecule has 1 aliphatic rings. The number of hydrogen-bond acceptors (Lipinski definition) is 7. The minimum Gasteiger partial charge on any atom is -0.377 e. The summed E-state index contributed by atoms with van der Waals surface area (Å²) in [6, 6.07) is 9.85. The fourth-order valence-corrected chi connectivity index (χ4v) is 3.00. The first-order chi connectivity index (χ1) is 12.8. The molecule has 0 saturated carbocycles. The molecule has 0 spiro atoms. The molecule has 1 N–H and O–H groups in total. The minimum atomic E-state index is 0.301. The molecule has 0 amide bonds. The van der Waals surface area contributed by atoms with E-state index in [-0.39, 0.29) is 0 Å². The van der Waals surface area contributed by atoms with Crippen molar-refractivity contribution in [2.45, 2.75) is 32.4 Å². The van der Waals surface area contributed by atoms with Gasteiger partial charge in [-0.2, -0.15) is 4.98 Å². The molecule has 1 fully saturated rings. The highest BCUT2D eigenvalue weighted by Gasteiger charge is 2.15. The van der Waals surface area contributed by atoms with Gasteiger partial charge in [0.15, 0.2) is 0 Å². The Morgan fingerprint density at radius 1 is 1.12 bits per heavy atom. The van der Waals surface area contributed by atoms with Gasteiger partial charge in [0, 0.05) is 30.5 Å². The lowest BCUT2D eigenvalue weighted by Crippen LogP contribution is -2.25. The zero-order chi connectivity index (χ0) is 17.8. The fraction of sp³-hybridized carbons (Fsp3) is 0.368. The maximum absolute atomic E-state index is 5.58. The summed E-state index contributed by atoms with van der Waals surface area (Å²) < 4.78 is 10.9. The van der Waals surface area contributed by atoms with Crippen molar-refractivity contribution in [1.82, 2.24) is 25.4 Å². The summed E-state index contributed by atoms with van der Waals surface area (Å²) >= 11 is 0. The van der Waals surface area contributed by atoms with Crippen molar-refractivity contribution in [1.29, 1.82) is 0 Å². The first-order valence-corrected chi connectivity index (χ1v) is 8.83. The number of ether oxygens (including phenoxy) is 1. The van der Waals surface area contributed by atoms with Gasteiger partial charge in [-0.25, -0.2) is 9.97 Å². The number of rotatable bonds is 6. The van der Waals surface area contributed by atoms with Crippen molar-refractivity contribution < 1.29 is 9.26 Å². The molecule has 0 radical (unpaired) electrons. The van der Waals surface area contributed by atoms with E-state index in [1.807, 2.05) is 37.3 Å². The molecule has 2 aromatic heterocycles. The van der Waals surface area contributed by atoms with Gasteiger partial charge >= 0.3 is 0 Å². The Hall–Kier alpha value is -2.64.